The molecule has 2 saturated carbocycles. The first-order valence-corrected chi connectivity index (χ1v) is 14.7. The summed E-state index contributed by atoms with van der Waals surface area (Å²) in [7, 11) is 0. The second kappa shape index (κ2) is 11.5. The number of Topliss-reactive ketones (excluding diaryl/α,β-unsaturated/α-hetero) is 1. The Kier molecular flexibility index (Phi) is 8.20. The van der Waals surface area contributed by atoms with E-state index in [1.807, 2.05) is 30.3 Å². The third kappa shape index (κ3) is 5.09. The number of fused-ring (bicyclic) bond motifs is 1. The van der Waals surface area contributed by atoms with E-state index in [1.54, 1.807) is 50.3 Å². The summed E-state index contributed by atoms with van der Waals surface area (Å²) in [6.45, 7) is 6.76. The van der Waals surface area contributed by atoms with Crippen LogP contribution in [0.15, 0.2) is 66.7 Å². The van der Waals surface area contributed by atoms with E-state index in [0.717, 1.165) is 5.56 Å². The van der Waals surface area contributed by atoms with Gasteiger partial charge in [-0.05, 0) is 57.4 Å². The van der Waals surface area contributed by atoms with E-state index >= 15 is 0 Å². The summed E-state index contributed by atoms with van der Waals surface area (Å²) in [6.07, 6.45) is -0.979. The Morgan fingerprint density at radius 1 is 0.955 bits per heavy atom. The topological polar surface area (TPSA) is 135 Å². The Balaban J connectivity index is 1.72. The zero-order valence-corrected chi connectivity index (χ0v) is 25.5. The van der Waals surface area contributed by atoms with Gasteiger partial charge in [-0.3, -0.25) is 14.4 Å². The van der Waals surface area contributed by atoms with E-state index in [1.165, 1.54) is 26.8 Å². The number of para-hydroxylation sites is 1. The number of ether oxygens (including phenoxy) is 5. The highest BCUT2D eigenvalue weighted by molar-refractivity contribution is 5.92. The Morgan fingerprint density at radius 2 is 1.59 bits per heavy atom. The molecular weight excluding hydrogens is 568 g/mol. The molecule has 3 aliphatic rings. The lowest BCUT2D eigenvalue weighted by Crippen LogP contribution is -2.83. The van der Waals surface area contributed by atoms with Crippen LogP contribution in [0.2, 0.25) is 0 Å². The Morgan fingerprint density at radius 3 is 2.20 bits per heavy atom. The molecule has 44 heavy (non-hydrogen) atoms. The van der Waals surface area contributed by atoms with E-state index in [2.05, 4.69) is 0 Å². The van der Waals surface area contributed by atoms with Crippen molar-refractivity contribution in [3.63, 3.8) is 0 Å². The number of rotatable bonds is 8. The quantitative estimate of drug-likeness (QED) is 0.268. The van der Waals surface area contributed by atoms with Crippen molar-refractivity contribution in [3.05, 3.63) is 72.3 Å². The molecule has 3 fully saturated rings. The summed E-state index contributed by atoms with van der Waals surface area (Å²) in [5.41, 5.74) is -6.03. The molecular formula is C34H38O10. The van der Waals surface area contributed by atoms with Crippen molar-refractivity contribution in [3.8, 4) is 5.75 Å². The Bertz CT molecular complexity index is 1450. The number of carbonyl (C=O) groups is 4. The van der Waals surface area contributed by atoms with Crippen molar-refractivity contribution in [2.75, 3.05) is 6.61 Å². The molecule has 10 heteroatoms. The summed E-state index contributed by atoms with van der Waals surface area (Å²) in [4.78, 5) is 53.0. The minimum atomic E-state index is -1.91. The van der Waals surface area contributed by atoms with Crippen molar-refractivity contribution in [2.45, 2.75) is 82.6 Å². The molecule has 7 unspecified atom stereocenters. The van der Waals surface area contributed by atoms with Gasteiger partial charge in [-0.2, -0.15) is 0 Å². The molecule has 1 heterocycles. The maximum absolute atomic E-state index is 14.7. The van der Waals surface area contributed by atoms with Crippen LogP contribution in [0.3, 0.4) is 0 Å². The van der Waals surface area contributed by atoms with Gasteiger partial charge in [0, 0.05) is 19.9 Å². The van der Waals surface area contributed by atoms with E-state index in [9.17, 15) is 24.3 Å². The molecule has 1 spiro atoms. The van der Waals surface area contributed by atoms with Gasteiger partial charge in [-0.25, -0.2) is 4.79 Å². The number of benzene rings is 2. The third-order valence-corrected chi connectivity index (χ3v) is 9.14. The van der Waals surface area contributed by atoms with Gasteiger partial charge in [0.15, 0.2) is 17.5 Å². The fraction of sp³-hybridized carbons (Fsp3) is 0.471. The molecule has 1 saturated heterocycles. The van der Waals surface area contributed by atoms with Crippen LogP contribution in [-0.4, -0.2) is 70.5 Å². The summed E-state index contributed by atoms with van der Waals surface area (Å²) < 4.78 is 30.9. The number of hydrogen-bond donors (Lipinski definition) is 1. The van der Waals surface area contributed by atoms with Crippen LogP contribution >= 0.6 is 0 Å². The van der Waals surface area contributed by atoms with Gasteiger partial charge < -0.3 is 28.8 Å². The van der Waals surface area contributed by atoms with Crippen LogP contribution in [0.4, 0.5) is 0 Å². The van der Waals surface area contributed by atoms with Gasteiger partial charge in [0.1, 0.15) is 30.0 Å². The first kappa shape index (κ1) is 31.4. The number of esters is 3. The first-order valence-electron chi connectivity index (χ1n) is 14.7. The van der Waals surface area contributed by atoms with Crippen molar-refractivity contribution in [1.29, 1.82) is 0 Å². The van der Waals surface area contributed by atoms with Gasteiger partial charge >= 0.3 is 17.9 Å². The Hall–Kier alpha value is -4.02. The lowest BCUT2D eigenvalue weighted by Gasteiger charge is -2.64. The fourth-order valence-electron chi connectivity index (χ4n) is 7.48. The maximum Gasteiger partial charge on any atom is 0.331 e. The van der Waals surface area contributed by atoms with Crippen molar-refractivity contribution >= 4 is 29.8 Å². The summed E-state index contributed by atoms with van der Waals surface area (Å²) in [5, 5.41) is 12.3. The largest absolute Gasteiger partial charge is 0.482 e. The van der Waals surface area contributed by atoms with Crippen LogP contribution in [0, 0.1) is 11.3 Å². The van der Waals surface area contributed by atoms with Gasteiger partial charge in [0.2, 0.25) is 0 Å². The minimum Gasteiger partial charge on any atom is -0.482 e. The molecule has 5 rings (SSSR count). The van der Waals surface area contributed by atoms with Crippen LogP contribution < -0.4 is 4.74 Å². The number of aliphatic hydroxyl groups is 1. The molecule has 0 radical (unpaired) electrons. The average molecular weight is 607 g/mol. The van der Waals surface area contributed by atoms with E-state index in [-0.39, 0.29) is 12.8 Å². The molecule has 0 aromatic heterocycles. The molecule has 0 amide bonds. The maximum atomic E-state index is 14.7. The zero-order chi connectivity index (χ0) is 31.9. The summed E-state index contributed by atoms with van der Waals surface area (Å²) in [5.74, 6) is -3.34. The van der Waals surface area contributed by atoms with E-state index in [0.29, 0.717) is 5.75 Å². The number of hydrogen-bond acceptors (Lipinski definition) is 10. The van der Waals surface area contributed by atoms with Crippen LogP contribution in [0.25, 0.3) is 6.08 Å². The van der Waals surface area contributed by atoms with Gasteiger partial charge in [-0.1, -0.05) is 48.5 Å². The van der Waals surface area contributed by atoms with Gasteiger partial charge in [0.25, 0.3) is 0 Å². The molecule has 1 aliphatic heterocycles. The number of ketones is 1. The highest BCUT2D eigenvalue weighted by atomic mass is 16.6. The molecule has 1 N–H and O–H groups in total. The molecule has 234 valence electrons. The number of carbonyl (C=O) groups excluding carboxylic acids is 4. The lowest BCUT2D eigenvalue weighted by atomic mass is 9.46. The minimum absolute atomic E-state index is 0.0436. The van der Waals surface area contributed by atoms with Crippen molar-refractivity contribution < 1.29 is 48.0 Å². The van der Waals surface area contributed by atoms with E-state index in [4.69, 9.17) is 23.7 Å². The predicted octanol–water partition coefficient (Wildman–Crippen LogP) is 3.83. The van der Waals surface area contributed by atoms with Crippen LogP contribution in [-0.2, 0) is 38.1 Å². The third-order valence-electron chi connectivity index (χ3n) is 9.14. The van der Waals surface area contributed by atoms with Crippen LogP contribution in [0.5, 0.6) is 5.75 Å². The summed E-state index contributed by atoms with van der Waals surface area (Å²) >= 11 is 0. The lowest BCUT2D eigenvalue weighted by molar-refractivity contribution is -0.333. The normalized spacial score (nSPS) is 33.7. The second-order valence-electron chi connectivity index (χ2n) is 12.5. The standard InChI is InChI=1S/C34H38O10/c1-21(35)40-20-33-25(43-26(37)17-16-23-12-8-6-9-13-23)18-19-32(5,39)34(33)29(41-22(2)36)27(31(3,4)44-34)28(38)30(33)42-24-14-10-7-11-15-24/h6-17,25,27,29-30,39H,18-20H2,1-5H3. The fourth-order valence-corrected chi connectivity index (χ4v) is 7.48. The van der Waals surface area contributed by atoms with E-state index < -0.39 is 76.7 Å². The average Bonchev–Trinajstić information content (AvgIpc) is 3.17. The molecule has 2 bridgehead atoms. The zero-order valence-electron chi connectivity index (χ0n) is 25.5. The van der Waals surface area contributed by atoms with Crippen molar-refractivity contribution in [2.24, 2.45) is 11.3 Å². The SMILES string of the molecule is CC(=O)OCC12C(OC(=O)C=Cc3ccccc3)CCC(C)(O)C13OC(C)(C)C(C(=O)C2Oc1ccccc1)C3OC(C)=O. The van der Waals surface area contributed by atoms with Crippen molar-refractivity contribution in [1.82, 2.24) is 0 Å². The molecule has 10 nitrogen and oxygen atoms in total. The Labute approximate surface area is 256 Å². The second-order valence-corrected chi connectivity index (χ2v) is 12.5. The molecule has 2 aromatic carbocycles. The van der Waals surface area contributed by atoms with Gasteiger partial charge in [-0.15, -0.1) is 0 Å². The predicted molar refractivity (Wildman–Crippen MR) is 157 cm³/mol. The van der Waals surface area contributed by atoms with Crippen LogP contribution in [0.1, 0.15) is 53.0 Å². The monoisotopic (exact) mass is 606 g/mol. The molecule has 2 aliphatic carbocycles. The summed E-state index contributed by atoms with van der Waals surface area (Å²) in [6, 6.07) is 17.7. The smallest absolute Gasteiger partial charge is 0.331 e. The highest BCUT2D eigenvalue weighted by Gasteiger charge is 2.87. The van der Waals surface area contributed by atoms with Gasteiger partial charge in [0.05, 0.1) is 17.1 Å². The molecule has 2 aromatic rings. The molecule has 7 atom stereocenters. The first-order chi connectivity index (χ1) is 20.7. The highest BCUT2D eigenvalue weighted by Crippen LogP contribution is 2.67.